The van der Waals surface area contributed by atoms with Gasteiger partial charge in [-0.3, -0.25) is 4.79 Å². The number of aliphatic hydroxyl groups excluding tert-OH is 2. The predicted molar refractivity (Wildman–Crippen MR) is 308 cm³/mol. The lowest BCUT2D eigenvalue weighted by molar-refractivity contribution is -0.123. The van der Waals surface area contributed by atoms with Crippen LogP contribution in [0.3, 0.4) is 0 Å². The Hall–Kier alpha value is -2.17. The number of aliphatic hydroxyl groups is 2. The Kier molecular flexibility index (Phi) is 58.2. The predicted octanol–water partition coefficient (Wildman–Crippen LogP) is 20.5. The van der Waals surface area contributed by atoms with E-state index in [0.29, 0.717) is 6.42 Å². The van der Waals surface area contributed by atoms with Gasteiger partial charge in [0.1, 0.15) is 0 Å². The molecule has 0 aromatic heterocycles. The van der Waals surface area contributed by atoms with Crippen molar-refractivity contribution in [1.82, 2.24) is 5.32 Å². The fourth-order valence-electron chi connectivity index (χ4n) is 9.22. The van der Waals surface area contributed by atoms with Crippen LogP contribution in [0.1, 0.15) is 316 Å². The van der Waals surface area contributed by atoms with Gasteiger partial charge in [0.25, 0.3) is 0 Å². The van der Waals surface area contributed by atoms with Crippen LogP contribution in [0.5, 0.6) is 0 Å². The number of hydrogen-bond acceptors (Lipinski definition) is 3. The number of carbonyl (C=O) groups excluding carboxylic acids is 1. The first kappa shape index (κ1) is 66.8. The van der Waals surface area contributed by atoms with E-state index in [1.807, 2.05) is 6.08 Å². The number of unbranched alkanes of at least 4 members (excludes halogenated alkanes) is 39. The molecule has 4 heteroatoms. The van der Waals surface area contributed by atoms with E-state index < -0.39 is 12.1 Å². The molecule has 0 aliphatic carbocycles. The Morgan fingerprint density at radius 1 is 0.348 bits per heavy atom. The van der Waals surface area contributed by atoms with Gasteiger partial charge in [-0.25, -0.2) is 0 Å². The fraction of sp³-hybridized carbons (Fsp3) is 0.800. The third kappa shape index (κ3) is 56.6. The number of hydrogen-bond donors (Lipinski definition) is 3. The molecule has 0 aromatic rings. The van der Waals surface area contributed by atoms with Crippen molar-refractivity contribution in [2.24, 2.45) is 0 Å². The summed E-state index contributed by atoms with van der Waals surface area (Å²) in [6.07, 6.45) is 86.6. The average molecular weight is 963 g/mol. The van der Waals surface area contributed by atoms with Gasteiger partial charge in [0.2, 0.25) is 5.91 Å². The third-order valence-electron chi connectivity index (χ3n) is 13.9. The number of carbonyl (C=O) groups is 1. The van der Waals surface area contributed by atoms with Crippen molar-refractivity contribution in [1.29, 1.82) is 0 Å². The van der Waals surface area contributed by atoms with Gasteiger partial charge in [0.05, 0.1) is 18.8 Å². The van der Waals surface area contributed by atoms with Gasteiger partial charge in [-0.05, 0) is 83.5 Å². The van der Waals surface area contributed by atoms with Crippen LogP contribution >= 0.6 is 0 Å². The molecule has 2 atom stereocenters. The van der Waals surface area contributed by atoms with E-state index in [2.05, 4.69) is 79.9 Å². The second-order valence-corrected chi connectivity index (χ2v) is 20.7. The summed E-state index contributed by atoms with van der Waals surface area (Å²) in [4.78, 5) is 12.5. The van der Waals surface area contributed by atoms with Crippen molar-refractivity contribution < 1.29 is 15.0 Å². The first-order valence-corrected chi connectivity index (χ1v) is 30.7. The summed E-state index contributed by atoms with van der Waals surface area (Å²) in [5.74, 6) is -0.0748. The van der Waals surface area contributed by atoms with Crippen molar-refractivity contribution in [3.8, 4) is 0 Å². The molecule has 4 nitrogen and oxygen atoms in total. The minimum absolute atomic E-state index is 0.0748. The van der Waals surface area contributed by atoms with Crippen molar-refractivity contribution in [2.75, 3.05) is 6.61 Å². The Labute approximate surface area is 431 Å². The zero-order valence-electron chi connectivity index (χ0n) is 46.3. The summed E-state index contributed by atoms with van der Waals surface area (Å²) in [5, 5.41) is 23.2. The minimum atomic E-state index is -0.873. The smallest absolute Gasteiger partial charge is 0.220 e. The molecular formula is C65H119NO3. The molecule has 0 heterocycles. The summed E-state index contributed by atoms with van der Waals surface area (Å²) in [5.41, 5.74) is 0. The maximum absolute atomic E-state index is 12.5. The van der Waals surface area contributed by atoms with Crippen LogP contribution in [-0.2, 0) is 4.79 Å². The SMILES string of the molecule is CCCCCCC/C=C\C/C=C\C/C=C\CCCCCCCCCCCCCCCCCCCCCCC(=O)NC(CO)C(O)/C=C/CC/C=C/CC/C=C/CCCCCCCCCCCCCC. The first-order chi connectivity index (χ1) is 34.2. The van der Waals surface area contributed by atoms with Gasteiger partial charge in [-0.2, -0.15) is 0 Å². The van der Waals surface area contributed by atoms with Gasteiger partial charge in [-0.1, -0.05) is 299 Å². The van der Waals surface area contributed by atoms with Gasteiger partial charge in [0, 0.05) is 6.42 Å². The van der Waals surface area contributed by atoms with Crippen molar-refractivity contribution in [3.05, 3.63) is 72.9 Å². The van der Waals surface area contributed by atoms with Gasteiger partial charge < -0.3 is 15.5 Å². The Morgan fingerprint density at radius 2 is 0.609 bits per heavy atom. The van der Waals surface area contributed by atoms with Gasteiger partial charge >= 0.3 is 0 Å². The van der Waals surface area contributed by atoms with E-state index in [1.54, 1.807) is 6.08 Å². The van der Waals surface area contributed by atoms with E-state index >= 15 is 0 Å². The third-order valence-corrected chi connectivity index (χ3v) is 13.9. The summed E-state index contributed by atoms with van der Waals surface area (Å²) in [6, 6.07) is -0.648. The second-order valence-electron chi connectivity index (χ2n) is 20.7. The van der Waals surface area contributed by atoms with E-state index in [-0.39, 0.29) is 12.5 Å². The molecule has 0 aliphatic heterocycles. The fourth-order valence-corrected chi connectivity index (χ4v) is 9.22. The molecule has 0 bridgehead atoms. The normalized spacial score (nSPS) is 13.3. The van der Waals surface area contributed by atoms with E-state index in [0.717, 1.165) is 51.4 Å². The highest BCUT2D eigenvalue weighted by molar-refractivity contribution is 5.76. The maximum Gasteiger partial charge on any atom is 0.220 e. The molecule has 2 unspecified atom stereocenters. The highest BCUT2D eigenvalue weighted by Crippen LogP contribution is 2.17. The molecule has 0 aromatic carbocycles. The molecule has 402 valence electrons. The number of amides is 1. The van der Waals surface area contributed by atoms with E-state index in [9.17, 15) is 15.0 Å². The molecule has 0 aliphatic rings. The molecule has 0 fully saturated rings. The summed E-state index contributed by atoms with van der Waals surface area (Å²) < 4.78 is 0. The molecule has 0 rings (SSSR count). The average Bonchev–Trinajstić information content (AvgIpc) is 3.35. The minimum Gasteiger partial charge on any atom is -0.394 e. The van der Waals surface area contributed by atoms with Crippen LogP contribution in [0, 0.1) is 0 Å². The molecule has 3 N–H and O–H groups in total. The standard InChI is InChI=1S/C65H119NO3/c1-3-5-7-9-11-13-15-17-19-21-23-25-27-28-29-30-31-32-33-34-35-36-37-38-39-41-43-45-47-49-51-53-55-57-59-61-65(69)66-63(62-67)64(68)60-58-56-54-52-50-48-46-44-42-40-26-24-22-20-18-16-14-12-10-8-6-4-2/h15,17,21,23,27-28,42,44,50,52,58,60,63-64,67-68H,3-14,16,18-20,22,24-26,29-41,43,45-49,51,53-57,59,61-62H2,1-2H3,(H,66,69)/b17-15-,23-21-,28-27-,44-42+,52-50+,60-58+. The second kappa shape index (κ2) is 60.1. The highest BCUT2D eigenvalue weighted by atomic mass is 16.3. The number of allylic oxidation sites excluding steroid dienone is 11. The largest absolute Gasteiger partial charge is 0.394 e. The highest BCUT2D eigenvalue weighted by Gasteiger charge is 2.18. The van der Waals surface area contributed by atoms with Crippen LogP contribution in [0.25, 0.3) is 0 Å². The summed E-state index contributed by atoms with van der Waals surface area (Å²) in [7, 11) is 0. The number of nitrogens with one attached hydrogen (secondary N) is 1. The Bertz CT molecular complexity index is 1180. The summed E-state index contributed by atoms with van der Waals surface area (Å²) in [6.45, 7) is 4.30. The quantitative estimate of drug-likeness (QED) is 0.0420. The van der Waals surface area contributed by atoms with E-state index in [1.165, 1.54) is 244 Å². The molecule has 0 radical (unpaired) electrons. The molecule has 0 saturated heterocycles. The van der Waals surface area contributed by atoms with Crippen molar-refractivity contribution in [2.45, 2.75) is 328 Å². The zero-order chi connectivity index (χ0) is 49.9. The molecular weight excluding hydrogens is 843 g/mol. The Morgan fingerprint density at radius 3 is 0.942 bits per heavy atom. The lowest BCUT2D eigenvalue weighted by Gasteiger charge is -2.19. The topological polar surface area (TPSA) is 69.6 Å². The lowest BCUT2D eigenvalue weighted by atomic mass is 10.0. The first-order valence-electron chi connectivity index (χ1n) is 30.7. The maximum atomic E-state index is 12.5. The molecule has 0 spiro atoms. The van der Waals surface area contributed by atoms with Crippen LogP contribution in [0.2, 0.25) is 0 Å². The van der Waals surface area contributed by atoms with Gasteiger partial charge in [0.15, 0.2) is 0 Å². The Balaban J connectivity index is 3.51. The van der Waals surface area contributed by atoms with Crippen LogP contribution in [0.15, 0.2) is 72.9 Å². The van der Waals surface area contributed by atoms with Crippen LogP contribution in [-0.4, -0.2) is 34.9 Å². The van der Waals surface area contributed by atoms with Crippen LogP contribution < -0.4 is 5.32 Å². The molecule has 0 saturated carbocycles. The molecule has 69 heavy (non-hydrogen) atoms. The van der Waals surface area contributed by atoms with Crippen LogP contribution in [0.4, 0.5) is 0 Å². The monoisotopic (exact) mass is 962 g/mol. The van der Waals surface area contributed by atoms with E-state index in [4.69, 9.17) is 0 Å². The van der Waals surface area contributed by atoms with Gasteiger partial charge in [-0.15, -0.1) is 0 Å². The zero-order valence-corrected chi connectivity index (χ0v) is 46.3. The van der Waals surface area contributed by atoms with Crippen molar-refractivity contribution in [3.63, 3.8) is 0 Å². The summed E-state index contributed by atoms with van der Waals surface area (Å²) >= 11 is 0. The number of rotatable bonds is 56. The lowest BCUT2D eigenvalue weighted by Crippen LogP contribution is -2.45. The van der Waals surface area contributed by atoms with Crippen molar-refractivity contribution >= 4 is 5.91 Å². The molecule has 1 amide bonds.